The predicted molar refractivity (Wildman–Crippen MR) is 69.0 cm³/mol. The monoisotopic (exact) mass is 366 g/mol. The molecular weight excluding hydrogens is 359 g/mol. The lowest BCUT2D eigenvalue weighted by Crippen LogP contribution is -2.13. The summed E-state index contributed by atoms with van der Waals surface area (Å²) >= 11 is 3.18. The third-order valence-electron chi connectivity index (χ3n) is 2.92. The van der Waals surface area contributed by atoms with Crippen molar-refractivity contribution < 1.29 is 27.1 Å². The lowest BCUT2D eigenvalue weighted by atomic mass is 10.00. The van der Waals surface area contributed by atoms with Gasteiger partial charge in [-0.3, -0.25) is 0 Å². The first-order valence-corrected chi connectivity index (χ1v) is 6.56. The number of aliphatic hydroxyl groups is 1. The Bertz CT molecular complexity index is 643. The van der Waals surface area contributed by atoms with Crippen LogP contribution in [0.25, 0.3) is 0 Å². The molecule has 0 radical (unpaired) electrons. The molecule has 0 aliphatic rings. The van der Waals surface area contributed by atoms with Crippen LogP contribution in [0.3, 0.4) is 0 Å². The summed E-state index contributed by atoms with van der Waals surface area (Å²) in [5.74, 6) is -10.4. The van der Waals surface area contributed by atoms with Gasteiger partial charge in [0.25, 0.3) is 0 Å². The molecule has 1 nitrogen and oxygen atoms in total. The van der Waals surface area contributed by atoms with E-state index in [0.29, 0.717) is 5.56 Å². The molecule has 0 amide bonds. The summed E-state index contributed by atoms with van der Waals surface area (Å²) < 4.78 is 66.9. The molecule has 0 aromatic heterocycles. The smallest absolute Gasteiger partial charge is 0.200 e. The molecule has 0 bridgehead atoms. The zero-order valence-electron chi connectivity index (χ0n) is 10.3. The molecule has 2 aromatic carbocycles. The molecule has 0 heterocycles. The molecule has 0 saturated heterocycles. The van der Waals surface area contributed by atoms with E-state index in [1.807, 2.05) is 0 Å². The van der Waals surface area contributed by atoms with Gasteiger partial charge in [0.1, 0.15) is 0 Å². The van der Waals surface area contributed by atoms with Crippen LogP contribution in [0.4, 0.5) is 22.0 Å². The van der Waals surface area contributed by atoms with E-state index in [1.165, 1.54) is 0 Å². The normalized spacial score (nSPS) is 12.5. The fraction of sp³-hybridized carbons (Fsp3) is 0.143. The molecule has 112 valence electrons. The summed E-state index contributed by atoms with van der Waals surface area (Å²) in [5.41, 5.74) is -0.746. The molecule has 7 heteroatoms. The van der Waals surface area contributed by atoms with E-state index >= 15 is 0 Å². The van der Waals surface area contributed by atoms with Gasteiger partial charge in [-0.2, -0.15) is 0 Å². The lowest BCUT2D eigenvalue weighted by molar-refractivity contribution is 0.164. The van der Waals surface area contributed by atoms with Gasteiger partial charge in [0.05, 0.1) is 11.7 Å². The summed E-state index contributed by atoms with van der Waals surface area (Å²) in [4.78, 5) is 0. The largest absolute Gasteiger partial charge is 0.388 e. The van der Waals surface area contributed by atoms with Gasteiger partial charge in [-0.05, 0) is 17.7 Å². The van der Waals surface area contributed by atoms with Crippen LogP contribution in [-0.2, 0) is 6.42 Å². The van der Waals surface area contributed by atoms with Gasteiger partial charge in [0, 0.05) is 10.9 Å². The Morgan fingerprint density at radius 1 is 0.810 bits per heavy atom. The van der Waals surface area contributed by atoms with Crippen LogP contribution < -0.4 is 0 Å². The molecule has 0 spiro atoms. The maximum absolute atomic E-state index is 13.5. The maximum atomic E-state index is 13.5. The minimum atomic E-state index is -2.25. The van der Waals surface area contributed by atoms with Gasteiger partial charge in [0.15, 0.2) is 23.3 Å². The van der Waals surface area contributed by atoms with Gasteiger partial charge in [-0.15, -0.1) is 0 Å². The van der Waals surface area contributed by atoms with E-state index in [4.69, 9.17) is 0 Å². The molecule has 0 saturated carbocycles. The number of hydrogen-bond donors (Lipinski definition) is 1. The summed E-state index contributed by atoms with van der Waals surface area (Å²) in [6.45, 7) is 0. The first-order valence-electron chi connectivity index (χ1n) is 5.76. The second-order valence-electron chi connectivity index (χ2n) is 4.33. The first-order chi connectivity index (χ1) is 9.82. The summed E-state index contributed by atoms with van der Waals surface area (Å²) in [7, 11) is 0. The van der Waals surface area contributed by atoms with Crippen molar-refractivity contribution in [1.82, 2.24) is 0 Å². The van der Waals surface area contributed by atoms with Crippen molar-refractivity contribution in [3.8, 4) is 0 Å². The van der Waals surface area contributed by atoms with Gasteiger partial charge in [-0.1, -0.05) is 28.1 Å². The van der Waals surface area contributed by atoms with E-state index in [2.05, 4.69) is 15.9 Å². The number of hydrogen-bond acceptors (Lipinski definition) is 1. The van der Waals surface area contributed by atoms with Crippen LogP contribution in [0.1, 0.15) is 17.2 Å². The average molecular weight is 367 g/mol. The molecule has 1 N–H and O–H groups in total. The van der Waals surface area contributed by atoms with E-state index in [0.717, 1.165) is 4.47 Å². The average Bonchev–Trinajstić information content (AvgIpc) is 2.46. The maximum Gasteiger partial charge on any atom is 0.200 e. The quantitative estimate of drug-likeness (QED) is 0.484. The lowest BCUT2D eigenvalue weighted by Gasteiger charge is -2.14. The molecular formula is C14H8BrF5O. The Kier molecular flexibility index (Phi) is 4.63. The van der Waals surface area contributed by atoms with Crippen LogP contribution in [0.15, 0.2) is 28.7 Å². The molecule has 1 unspecified atom stereocenters. The Morgan fingerprint density at radius 3 is 1.71 bits per heavy atom. The molecule has 2 aromatic rings. The van der Waals surface area contributed by atoms with E-state index < -0.39 is 40.8 Å². The molecule has 0 aliphatic heterocycles. The van der Waals surface area contributed by atoms with Crippen LogP contribution in [-0.4, -0.2) is 5.11 Å². The minimum absolute atomic E-state index is 0.286. The van der Waals surface area contributed by atoms with Gasteiger partial charge < -0.3 is 5.11 Å². The zero-order valence-corrected chi connectivity index (χ0v) is 11.9. The van der Waals surface area contributed by atoms with Crippen molar-refractivity contribution in [2.24, 2.45) is 0 Å². The third kappa shape index (κ3) is 3.08. The number of benzene rings is 2. The Labute approximate surface area is 125 Å². The van der Waals surface area contributed by atoms with Crippen molar-refractivity contribution in [1.29, 1.82) is 0 Å². The Balaban J connectivity index is 2.39. The highest BCUT2D eigenvalue weighted by atomic mass is 79.9. The zero-order chi connectivity index (χ0) is 15.7. The SMILES string of the molecule is OC(Cc1ccc(Br)cc1)c1c(F)c(F)c(F)c(F)c1F. The van der Waals surface area contributed by atoms with Crippen LogP contribution in [0.5, 0.6) is 0 Å². The van der Waals surface area contributed by atoms with Crippen LogP contribution in [0.2, 0.25) is 0 Å². The number of rotatable bonds is 3. The van der Waals surface area contributed by atoms with Crippen molar-refractivity contribution in [2.45, 2.75) is 12.5 Å². The fourth-order valence-corrected chi connectivity index (χ4v) is 2.12. The van der Waals surface area contributed by atoms with Gasteiger partial charge in [0.2, 0.25) is 5.82 Å². The van der Waals surface area contributed by atoms with E-state index in [1.54, 1.807) is 24.3 Å². The predicted octanol–water partition coefficient (Wildman–Crippen LogP) is 4.42. The summed E-state index contributed by atoms with van der Waals surface area (Å²) in [5, 5.41) is 9.80. The molecule has 0 fully saturated rings. The molecule has 21 heavy (non-hydrogen) atoms. The highest BCUT2D eigenvalue weighted by molar-refractivity contribution is 9.10. The van der Waals surface area contributed by atoms with Gasteiger partial charge >= 0.3 is 0 Å². The summed E-state index contributed by atoms with van der Waals surface area (Å²) in [6, 6.07) is 6.36. The topological polar surface area (TPSA) is 20.2 Å². The minimum Gasteiger partial charge on any atom is -0.388 e. The van der Waals surface area contributed by atoms with Gasteiger partial charge in [-0.25, -0.2) is 22.0 Å². The Hall–Kier alpha value is -1.47. The number of aliphatic hydroxyl groups excluding tert-OH is 1. The van der Waals surface area contributed by atoms with Crippen molar-refractivity contribution >= 4 is 15.9 Å². The standard InChI is InChI=1S/C14H8BrF5O/c15-7-3-1-6(2-4-7)5-8(21)9-10(16)12(18)14(20)13(19)11(9)17/h1-4,8,21H,5H2. The van der Waals surface area contributed by atoms with Crippen molar-refractivity contribution in [2.75, 3.05) is 0 Å². The van der Waals surface area contributed by atoms with Crippen molar-refractivity contribution in [3.63, 3.8) is 0 Å². The Morgan fingerprint density at radius 2 is 1.24 bits per heavy atom. The third-order valence-corrected chi connectivity index (χ3v) is 3.45. The second kappa shape index (κ2) is 6.11. The van der Waals surface area contributed by atoms with Crippen molar-refractivity contribution in [3.05, 3.63) is 69.0 Å². The first kappa shape index (κ1) is 15.9. The van der Waals surface area contributed by atoms with Crippen LogP contribution >= 0.6 is 15.9 Å². The van der Waals surface area contributed by atoms with E-state index in [9.17, 15) is 27.1 Å². The van der Waals surface area contributed by atoms with Crippen LogP contribution in [0, 0.1) is 29.1 Å². The molecule has 0 aliphatic carbocycles. The fourth-order valence-electron chi connectivity index (χ4n) is 1.86. The second-order valence-corrected chi connectivity index (χ2v) is 5.25. The highest BCUT2D eigenvalue weighted by Gasteiger charge is 2.29. The van der Waals surface area contributed by atoms with E-state index in [-0.39, 0.29) is 6.42 Å². The summed E-state index contributed by atoms with van der Waals surface area (Å²) in [6.07, 6.45) is -2.14. The number of halogens is 6. The molecule has 2 rings (SSSR count). The molecule has 1 atom stereocenters. The highest BCUT2D eigenvalue weighted by Crippen LogP contribution is 2.29.